The molecule has 1 saturated heterocycles. The van der Waals surface area contributed by atoms with Crippen molar-refractivity contribution in [3.8, 4) is 0 Å². The average molecular weight is 304 g/mol. The van der Waals surface area contributed by atoms with E-state index in [0.29, 0.717) is 23.4 Å². The molecule has 0 aliphatic carbocycles. The molecule has 2 heterocycles. The summed E-state index contributed by atoms with van der Waals surface area (Å²) in [4.78, 5) is 18.0. The Morgan fingerprint density at radius 3 is 3.00 bits per heavy atom. The number of halogens is 1. The number of likely N-dealkylation sites (tertiary alicyclic amines) is 1. The smallest absolute Gasteiger partial charge is 0.282 e. The molecule has 1 aromatic heterocycles. The van der Waals surface area contributed by atoms with Gasteiger partial charge in [0.05, 0.1) is 9.98 Å². The Balaban J connectivity index is 2.07. The quantitative estimate of drug-likeness (QED) is 0.902. The van der Waals surface area contributed by atoms with Gasteiger partial charge in [-0.15, -0.1) is 11.3 Å². The highest BCUT2D eigenvalue weighted by molar-refractivity contribution is 9.11. The molecule has 88 valence electrons. The molecule has 0 aromatic carbocycles. The minimum atomic E-state index is 0.0264. The van der Waals surface area contributed by atoms with Crippen LogP contribution in [0.4, 0.5) is 0 Å². The zero-order chi connectivity index (χ0) is 11.7. The monoisotopic (exact) mass is 303 g/mol. The first-order valence-electron chi connectivity index (χ1n) is 5.22. The Hall–Kier alpha value is -0.460. The molecule has 16 heavy (non-hydrogen) atoms. The molecule has 2 rings (SSSR count). The van der Waals surface area contributed by atoms with E-state index < -0.39 is 0 Å². The fourth-order valence-electron chi connectivity index (χ4n) is 2.00. The lowest BCUT2D eigenvalue weighted by molar-refractivity contribution is 0.0784. The second kappa shape index (κ2) is 4.81. The van der Waals surface area contributed by atoms with Gasteiger partial charge >= 0.3 is 0 Å². The van der Waals surface area contributed by atoms with Gasteiger partial charge in [0, 0.05) is 13.1 Å². The summed E-state index contributed by atoms with van der Waals surface area (Å²) in [6.45, 7) is 4.33. The third-order valence-electron chi connectivity index (χ3n) is 3.02. The summed E-state index contributed by atoms with van der Waals surface area (Å²) in [5.41, 5.74) is 5.67. The van der Waals surface area contributed by atoms with E-state index in [1.807, 2.05) is 4.90 Å². The van der Waals surface area contributed by atoms with Gasteiger partial charge in [0.1, 0.15) is 0 Å². The van der Waals surface area contributed by atoms with Crippen LogP contribution in [0.5, 0.6) is 0 Å². The molecule has 2 unspecified atom stereocenters. The number of rotatable bonds is 2. The molecule has 1 aliphatic rings. The van der Waals surface area contributed by atoms with E-state index in [0.717, 1.165) is 16.9 Å². The first-order chi connectivity index (χ1) is 7.61. The van der Waals surface area contributed by atoms with Crippen molar-refractivity contribution in [3.05, 3.63) is 15.0 Å². The molecule has 1 amide bonds. The lowest BCUT2D eigenvalue weighted by Gasteiger charge is -2.13. The van der Waals surface area contributed by atoms with Crippen LogP contribution >= 0.6 is 27.3 Å². The molecular formula is C10H14BrN3OS. The highest BCUT2D eigenvalue weighted by atomic mass is 79.9. The molecule has 0 saturated carbocycles. The van der Waals surface area contributed by atoms with Gasteiger partial charge in [-0.2, -0.15) is 0 Å². The third-order valence-corrected chi connectivity index (χ3v) is 4.48. The van der Waals surface area contributed by atoms with Crippen LogP contribution in [0.25, 0.3) is 0 Å². The van der Waals surface area contributed by atoms with Gasteiger partial charge in [-0.1, -0.05) is 6.92 Å². The number of carbonyl (C=O) groups excluding carboxylic acids is 1. The summed E-state index contributed by atoms with van der Waals surface area (Å²) in [7, 11) is 0. The van der Waals surface area contributed by atoms with Crippen molar-refractivity contribution >= 4 is 33.2 Å². The van der Waals surface area contributed by atoms with Crippen molar-refractivity contribution < 1.29 is 4.79 Å². The van der Waals surface area contributed by atoms with E-state index in [4.69, 9.17) is 5.73 Å². The molecule has 0 radical (unpaired) electrons. The van der Waals surface area contributed by atoms with Crippen LogP contribution in [0, 0.1) is 11.8 Å². The van der Waals surface area contributed by atoms with E-state index in [9.17, 15) is 4.79 Å². The molecule has 1 fully saturated rings. The minimum Gasteiger partial charge on any atom is -0.336 e. The molecule has 0 bridgehead atoms. The summed E-state index contributed by atoms with van der Waals surface area (Å²) in [5, 5.41) is 0.553. The third kappa shape index (κ3) is 2.28. The van der Waals surface area contributed by atoms with Crippen molar-refractivity contribution in [3.63, 3.8) is 0 Å². The molecule has 0 spiro atoms. The number of nitrogens with two attached hydrogens (primary N) is 1. The van der Waals surface area contributed by atoms with E-state index in [-0.39, 0.29) is 5.91 Å². The number of thiazole rings is 1. The van der Waals surface area contributed by atoms with Crippen LogP contribution < -0.4 is 5.73 Å². The number of hydrogen-bond donors (Lipinski definition) is 1. The largest absolute Gasteiger partial charge is 0.336 e. The number of carbonyl (C=O) groups is 1. The van der Waals surface area contributed by atoms with Crippen molar-refractivity contribution in [1.82, 2.24) is 9.88 Å². The number of nitrogens with zero attached hydrogens (tertiary/aromatic N) is 2. The molecule has 6 heteroatoms. The summed E-state index contributed by atoms with van der Waals surface area (Å²) in [5.74, 6) is 0.934. The summed E-state index contributed by atoms with van der Waals surface area (Å²) in [6.07, 6.45) is 1.66. The highest BCUT2D eigenvalue weighted by Gasteiger charge is 2.32. The highest BCUT2D eigenvalue weighted by Crippen LogP contribution is 2.26. The van der Waals surface area contributed by atoms with Crippen LogP contribution in [0.2, 0.25) is 0 Å². The van der Waals surface area contributed by atoms with Gasteiger partial charge in [0.15, 0.2) is 5.01 Å². The Bertz CT molecular complexity index is 395. The van der Waals surface area contributed by atoms with Crippen molar-refractivity contribution in [2.24, 2.45) is 17.6 Å². The number of amides is 1. The lowest BCUT2D eigenvalue weighted by atomic mass is 9.99. The summed E-state index contributed by atoms with van der Waals surface area (Å²) < 4.78 is 0.887. The standard InChI is InChI=1S/C10H14BrN3OS/c1-6-4-14(5-7(6)2-12)10(15)9-13-3-8(11)16-9/h3,6-7H,2,4-5,12H2,1H3. The van der Waals surface area contributed by atoms with Gasteiger partial charge in [-0.05, 0) is 34.3 Å². The van der Waals surface area contributed by atoms with Gasteiger partial charge in [-0.25, -0.2) is 4.98 Å². The molecule has 1 aliphatic heterocycles. The van der Waals surface area contributed by atoms with Crippen LogP contribution in [0.3, 0.4) is 0 Å². The molecule has 4 nitrogen and oxygen atoms in total. The number of hydrogen-bond acceptors (Lipinski definition) is 4. The van der Waals surface area contributed by atoms with Gasteiger partial charge in [0.25, 0.3) is 5.91 Å². The Morgan fingerprint density at radius 2 is 2.50 bits per heavy atom. The zero-order valence-electron chi connectivity index (χ0n) is 9.02. The summed E-state index contributed by atoms with van der Waals surface area (Å²) in [6, 6.07) is 0. The second-order valence-electron chi connectivity index (χ2n) is 4.15. The molecule has 1 aromatic rings. The molecule has 2 atom stereocenters. The fraction of sp³-hybridized carbons (Fsp3) is 0.600. The predicted molar refractivity (Wildman–Crippen MR) is 67.4 cm³/mol. The van der Waals surface area contributed by atoms with Gasteiger partial charge in [0.2, 0.25) is 0 Å². The maximum Gasteiger partial charge on any atom is 0.282 e. The second-order valence-corrected chi connectivity index (χ2v) is 6.56. The van der Waals surface area contributed by atoms with Crippen molar-refractivity contribution in [2.45, 2.75) is 6.92 Å². The van der Waals surface area contributed by atoms with Crippen LogP contribution in [-0.2, 0) is 0 Å². The van der Waals surface area contributed by atoms with Gasteiger partial charge < -0.3 is 10.6 Å². The van der Waals surface area contributed by atoms with E-state index in [1.54, 1.807) is 6.20 Å². The Morgan fingerprint density at radius 1 is 1.75 bits per heavy atom. The first-order valence-corrected chi connectivity index (χ1v) is 6.83. The first kappa shape index (κ1) is 12.0. The SMILES string of the molecule is CC1CN(C(=O)c2ncc(Br)s2)CC1CN. The van der Waals surface area contributed by atoms with E-state index >= 15 is 0 Å². The number of aromatic nitrogens is 1. The predicted octanol–water partition coefficient (Wildman–Crippen LogP) is 1.57. The fourth-order valence-corrected chi connectivity index (χ4v) is 3.17. The maximum absolute atomic E-state index is 12.1. The topological polar surface area (TPSA) is 59.2 Å². The molecular weight excluding hydrogens is 290 g/mol. The van der Waals surface area contributed by atoms with Crippen LogP contribution in [0.1, 0.15) is 16.7 Å². The summed E-state index contributed by atoms with van der Waals surface area (Å²) >= 11 is 4.69. The Kier molecular flexibility index (Phi) is 3.61. The van der Waals surface area contributed by atoms with E-state index in [1.165, 1.54) is 11.3 Å². The Labute approximate surface area is 107 Å². The van der Waals surface area contributed by atoms with Crippen molar-refractivity contribution in [2.75, 3.05) is 19.6 Å². The van der Waals surface area contributed by atoms with Crippen molar-refractivity contribution in [1.29, 1.82) is 0 Å². The van der Waals surface area contributed by atoms with Gasteiger partial charge in [-0.3, -0.25) is 4.79 Å². The van der Waals surface area contributed by atoms with Crippen LogP contribution in [-0.4, -0.2) is 35.4 Å². The molecule has 2 N–H and O–H groups in total. The van der Waals surface area contributed by atoms with E-state index in [2.05, 4.69) is 27.8 Å². The minimum absolute atomic E-state index is 0.0264. The lowest BCUT2D eigenvalue weighted by Crippen LogP contribution is -2.29. The normalized spacial score (nSPS) is 25.1. The average Bonchev–Trinajstić information content (AvgIpc) is 2.83. The zero-order valence-corrected chi connectivity index (χ0v) is 11.4. The van der Waals surface area contributed by atoms with Crippen LogP contribution in [0.15, 0.2) is 9.98 Å². The maximum atomic E-state index is 12.1.